The minimum Gasteiger partial charge on any atom is -0.465 e. The van der Waals surface area contributed by atoms with Gasteiger partial charge in [-0.1, -0.05) is 42.8 Å². The first-order valence-corrected chi connectivity index (χ1v) is 13.0. The number of amides is 2. The van der Waals surface area contributed by atoms with E-state index in [1.165, 1.54) is 4.90 Å². The smallest absolute Gasteiger partial charge is 0.313 e. The minimum absolute atomic E-state index is 0.132. The van der Waals surface area contributed by atoms with Gasteiger partial charge in [-0.05, 0) is 49.9 Å². The molecule has 0 radical (unpaired) electrons. The Morgan fingerprint density at radius 1 is 1.08 bits per heavy atom. The lowest BCUT2D eigenvalue weighted by Gasteiger charge is -2.38. The second kappa shape index (κ2) is 9.65. The quantitative estimate of drug-likeness (QED) is 0.479. The van der Waals surface area contributed by atoms with E-state index in [-0.39, 0.29) is 38.1 Å². The predicted molar refractivity (Wildman–Crippen MR) is 133 cm³/mol. The van der Waals surface area contributed by atoms with E-state index >= 15 is 0 Å². The summed E-state index contributed by atoms with van der Waals surface area (Å²) in [5, 5.41) is 10.1. The third kappa shape index (κ3) is 3.78. The van der Waals surface area contributed by atoms with Crippen LogP contribution in [0.25, 0.3) is 0 Å². The van der Waals surface area contributed by atoms with Crippen molar-refractivity contribution in [2.24, 2.45) is 11.8 Å². The van der Waals surface area contributed by atoms with Gasteiger partial charge in [-0.25, -0.2) is 0 Å². The summed E-state index contributed by atoms with van der Waals surface area (Å²) in [4.78, 5) is 44.8. The first-order valence-electron chi connectivity index (χ1n) is 12.6. The highest BCUT2D eigenvalue weighted by atomic mass is 35.5. The number of halogens is 1. The second-order valence-electron chi connectivity index (χ2n) is 9.77. The molecule has 4 aliphatic heterocycles. The van der Waals surface area contributed by atoms with Crippen LogP contribution in [0.15, 0.2) is 48.6 Å². The minimum atomic E-state index is -1.34. The summed E-state index contributed by atoms with van der Waals surface area (Å²) in [6, 6.07) is 5.96. The van der Waals surface area contributed by atoms with Crippen molar-refractivity contribution in [2.45, 2.75) is 49.9 Å². The van der Waals surface area contributed by atoms with Crippen molar-refractivity contribution in [3.05, 3.63) is 53.6 Å². The van der Waals surface area contributed by atoms with Gasteiger partial charge in [0.25, 0.3) is 5.91 Å². The zero-order valence-electron chi connectivity index (χ0n) is 20.3. The SMILES string of the molecule is CC[C@]12/C=C\CCCOC(=O)[C@H]1[C@H]1C(=O)N(CCCO)C3C(=O)N(c4ccc(Cl)cc4)CC=C[C@@]31O2. The fraction of sp³-hybridized carbons (Fsp3) is 0.519. The van der Waals surface area contributed by atoms with E-state index in [4.69, 9.17) is 21.1 Å². The van der Waals surface area contributed by atoms with Crippen LogP contribution < -0.4 is 4.90 Å². The highest BCUT2D eigenvalue weighted by Crippen LogP contribution is 2.58. The van der Waals surface area contributed by atoms with Gasteiger partial charge in [-0.3, -0.25) is 14.4 Å². The van der Waals surface area contributed by atoms with Crippen LogP contribution in [0.3, 0.4) is 0 Å². The zero-order chi connectivity index (χ0) is 25.5. The van der Waals surface area contributed by atoms with Crippen LogP contribution in [0.2, 0.25) is 5.02 Å². The largest absolute Gasteiger partial charge is 0.465 e. The number of cyclic esters (lactones) is 1. The lowest BCUT2D eigenvalue weighted by atomic mass is 9.73. The Labute approximate surface area is 215 Å². The summed E-state index contributed by atoms with van der Waals surface area (Å²) in [5.41, 5.74) is -1.76. The molecule has 5 atom stereocenters. The molecular weight excluding hydrogens is 484 g/mol. The van der Waals surface area contributed by atoms with Crippen molar-refractivity contribution in [2.75, 3.05) is 31.2 Å². The lowest BCUT2D eigenvalue weighted by Crippen LogP contribution is -2.56. The first kappa shape index (κ1) is 25.0. The number of ether oxygens (including phenoxy) is 2. The number of nitrogens with zero attached hydrogens (tertiary/aromatic N) is 2. The molecule has 1 aromatic carbocycles. The normalized spacial score (nSPS) is 34.8. The summed E-state index contributed by atoms with van der Waals surface area (Å²) in [5.74, 6) is -2.89. The average Bonchev–Trinajstić information content (AvgIpc) is 3.25. The Balaban J connectivity index is 1.65. The molecule has 0 bridgehead atoms. The monoisotopic (exact) mass is 514 g/mol. The number of esters is 1. The van der Waals surface area contributed by atoms with Gasteiger partial charge in [-0.15, -0.1) is 0 Å². The highest BCUT2D eigenvalue weighted by molar-refractivity contribution is 6.30. The number of likely N-dealkylation sites (tertiary alicyclic amines) is 1. The second-order valence-corrected chi connectivity index (χ2v) is 10.2. The number of allylic oxidation sites excluding steroid dienone is 1. The summed E-state index contributed by atoms with van der Waals surface area (Å²) >= 11 is 6.07. The number of rotatable bonds is 5. The number of fused-ring (bicyclic) bond motifs is 2. The Kier molecular flexibility index (Phi) is 6.70. The molecule has 0 saturated carbocycles. The van der Waals surface area contributed by atoms with E-state index in [9.17, 15) is 19.5 Å². The van der Waals surface area contributed by atoms with Crippen molar-refractivity contribution in [3.63, 3.8) is 0 Å². The van der Waals surface area contributed by atoms with Crippen LogP contribution in [-0.2, 0) is 23.9 Å². The van der Waals surface area contributed by atoms with Crippen LogP contribution >= 0.6 is 11.6 Å². The number of anilines is 1. The lowest BCUT2D eigenvalue weighted by molar-refractivity contribution is -0.159. The molecule has 0 aromatic heterocycles. The van der Waals surface area contributed by atoms with Crippen molar-refractivity contribution < 1.29 is 29.0 Å². The maximum absolute atomic E-state index is 14.2. The molecule has 8 nitrogen and oxygen atoms in total. The van der Waals surface area contributed by atoms with Crippen LogP contribution in [0, 0.1) is 11.8 Å². The van der Waals surface area contributed by atoms with E-state index in [2.05, 4.69) is 0 Å². The summed E-state index contributed by atoms with van der Waals surface area (Å²) in [7, 11) is 0. The van der Waals surface area contributed by atoms with Gasteiger partial charge < -0.3 is 24.4 Å². The number of hydrogen-bond donors (Lipinski definition) is 1. The molecule has 9 heteroatoms. The Morgan fingerprint density at radius 2 is 1.86 bits per heavy atom. The molecule has 0 aliphatic carbocycles. The molecule has 4 aliphatic rings. The van der Waals surface area contributed by atoms with E-state index in [0.29, 0.717) is 30.0 Å². The van der Waals surface area contributed by atoms with E-state index in [0.717, 1.165) is 6.42 Å². The summed E-state index contributed by atoms with van der Waals surface area (Å²) in [6.45, 7) is 2.51. The Morgan fingerprint density at radius 3 is 2.58 bits per heavy atom. The van der Waals surface area contributed by atoms with E-state index in [1.807, 2.05) is 31.2 Å². The molecule has 4 heterocycles. The van der Waals surface area contributed by atoms with Gasteiger partial charge in [0.1, 0.15) is 23.2 Å². The van der Waals surface area contributed by atoms with Gasteiger partial charge in [0, 0.05) is 30.4 Å². The summed E-state index contributed by atoms with van der Waals surface area (Å²) < 4.78 is 12.5. The molecule has 1 unspecified atom stereocenters. The van der Waals surface area contributed by atoms with Crippen LogP contribution in [0.1, 0.15) is 32.6 Å². The fourth-order valence-electron chi connectivity index (χ4n) is 6.21. The first-order chi connectivity index (χ1) is 17.4. The molecule has 36 heavy (non-hydrogen) atoms. The molecule has 1 aromatic rings. The van der Waals surface area contributed by atoms with Gasteiger partial charge in [0.2, 0.25) is 5.91 Å². The Bertz CT molecular complexity index is 1100. The third-order valence-corrected chi connectivity index (χ3v) is 8.08. The zero-order valence-corrected chi connectivity index (χ0v) is 21.0. The van der Waals surface area contributed by atoms with Gasteiger partial charge in [0.15, 0.2) is 0 Å². The number of aliphatic hydroxyl groups is 1. The average molecular weight is 515 g/mol. The topological polar surface area (TPSA) is 96.4 Å². The Hall–Kier alpha value is -2.68. The van der Waals surface area contributed by atoms with Crippen LogP contribution in [0.4, 0.5) is 5.69 Å². The molecule has 192 valence electrons. The molecule has 2 amide bonds. The standard InChI is InChI=1S/C27H31ClN2O6/c1-2-26-12-4-3-5-17-35-25(34)21(26)20-23(32)30(15-7-16-31)22-24(33)29(14-6-13-27(20,22)36-26)19-10-8-18(28)9-11-19/h4,6,8-13,20-22,31H,2-3,5,7,14-17H2,1H3/b12-4-/t20-,21+,22?,26-,27-/m0/s1. The van der Waals surface area contributed by atoms with Crippen molar-refractivity contribution in [3.8, 4) is 0 Å². The maximum atomic E-state index is 14.2. The van der Waals surface area contributed by atoms with E-state index in [1.54, 1.807) is 29.2 Å². The van der Waals surface area contributed by atoms with Crippen LogP contribution in [-0.4, -0.2) is 71.3 Å². The summed E-state index contributed by atoms with van der Waals surface area (Å²) in [6.07, 6.45) is 9.70. The molecule has 2 fully saturated rings. The predicted octanol–water partition coefficient (Wildman–Crippen LogP) is 2.88. The van der Waals surface area contributed by atoms with E-state index < -0.39 is 35.0 Å². The molecular formula is C27H31ClN2O6. The number of carbonyl (C=O) groups excluding carboxylic acids is 3. The van der Waals surface area contributed by atoms with Crippen molar-refractivity contribution >= 4 is 35.1 Å². The maximum Gasteiger partial charge on any atom is 0.313 e. The number of carbonyl (C=O) groups is 3. The molecule has 1 spiro atoms. The number of benzene rings is 1. The number of hydrogen-bond acceptors (Lipinski definition) is 6. The number of aliphatic hydroxyl groups excluding tert-OH is 1. The fourth-order valence-corrected chi connectivity index (χ4v) is 6.33. The van der Waals surface area contributed by atoms with Gasteiger partial charge in [-0.2, -0.15) is 0 Å². The van der Waals surface area contributed by atoms with Crippen molar-refractivity contribution in [1.82, 2.24) is 4.90 Å². The molecule has 1 N–H and O–H groups in total. The highest BCUT2D eigenvalue weighted by Gasteiger charge is 2.75. The third-order valence-electron chi connectivity index (χ3n) is 7.83. The molecule has 5 rings (SSSR count). The van der Waals surface area contributed by atoms with Crippen molar-refractivity contribution in [1.29, 1.82) is 0 Å². The van der Waals surface area contributed by atoms with Crippen LogP contribution in [0.5, 0.6) is 0 Å². The van der Waals surface area contributed by atoms with Gasteiger partial charge in [0.05, 0.1) is 12.5 Å². The van der Waals surface area contributed by atoms with Gasteiger partial charge >= 0.3 is 5.97 Å². The molecule has 2 saturated heterocycles.